The minimum Gasteiger partial charge on any atom is -0.364 e. The van der Waals surface area contributed by atoms with E-state index < -0.39 is 19.9 Å². The Labute approximate surface area is 120 Å². The molecule has 0 fully saturated rings. The lowest BCUT2D eigenvalue weighted by Gasteiger charge is -2.29. The third-order valence-corrected chi connectivity index (χ3v) is 3.94. The van der Waals surface area contributed by atoms with E-state index in [4.69, 9.17) is 0 Å². The summed E-state index contributed by atoms with van der Waals surface area (Å²) in [6.45, 7) is 8.11. The van der Waals surface area contributed by atoms with Gasteiger partial charge in [-0.05, 0) is 12.5 Å². The Morgan fingerprint density at radius 2 is 1.70 bits per heavy atom. The molecule has 0 atom stereocenters. The number of benzene rings is 1. The molecule has 0 amide bonds. The third-order valence-electron chi connectivity index (χ3n) is 2.80. The third kappa shape index (κ3) is 5.41. The van der Waals surface area contributed by atoms with Gasteiger partial charge in [0, 0.05) is 13.1 Å². The van der Waals surface area contributed by atoms with Crippen LogP contribution in [0.3, 0.4) is 0 Å². The van der Waals surface area contributed by atoms with Crippen molar-refractivity contribution in [3.05, 3.63) is 47.3 Å². The van der Waals surface area contributed by atoms with Gasteiger partial charge >= 0.3 is 6.18 Å². The molecule has 0 N–H and O–H groups in total. The largest absolute Gasteiger partial charge is 0.430 e. The number of allylic oxidation sites excluding steroid dienone is 1. The molecule has 0 radical (unpaired) electrons. The number of halogens is 3. The first-order valence-corrected chi connectivity index (χ1v) is 10.3. The highest BCUT2D eigenvalue weighted by molar-refractivity contribution is 6.81. The highest BCUT2D eigenvalue weighted by atomic mass is 28.3. The van der Waals surface area contributed by atoms with Gasteiger partial charge in [-0.25, -0.2) is 0 Å². The van der Waals surface area contributed by atoms with E-state index in [-0.39, 0.29) is 6.54 Å². The highest BCUT2D eigenvalue weighted by Crippen LogP contribution is 2.31. The van der Waals surface area contributed by atoms with Crippen LogP contribution in [0.2, 0.25) is 19.6 Å². The number of rotatable bonds is 5. The van der Waals surface area contributed by atoms with Gasteiger partial charge in [-0.3, -0.25) is 0 Å². The molecule has 1 aromatic carbocycles. The zero-order valence-corrected chi connectivity index (χ0v) is 13.5. The fourth-order valence-electron chi connectivity index (χ4n) is 1.93. The van der Waals surface area contributed by atoms with Gasteiger partial charge < -0.3 is 4.90 Å². The molecule has 5 heteroatoms. The van der Waals surface area contributed by atoms with Crippen LogP contribution in [0, 0.1) is 0 Å². The summed E-state index contributed by atoms with van der Waals surface area (Å²) in [4.78, 5) is 1.41. The number of nitrogens with zero attached hydrogens (tertiary/aromatic N) is 1. The Hall–Kier alpha value is -1.23. The molecule has 0 bridgehead atoms. The second-order valence-corrected chi connectivity index (χ2v) is 10.9. The van der Waals surface area contributed by atoms with Crippen LogP contribution >= 0.6 is 0 Å². The molecular formula is C15H22F3NSi. The molecule has 0 aliphatic heterocycles. The lowest BCUT2D eigenvalue weighted by Crippen LogP contribution is -2.34. The molecule has 1 rings (SSSR count). The molecule has 112 valence electrons. The van der Waals surface area contributed by atoms with Crippen molar-refractivity contribution in [2.24, 2.45) is 0 Å². The molecule has 0 aliphatic carbocycles. The second-order valence-electron chi connectivity index (χ2n) is 5.89. The van der Waals surface area contributed by atoms with Crippen molar-refractivity contribution in [3.63, 3.8) is 0 Å². The summed E-state index contributed by atoms with van der Waals surface area (Å²) in [5, 5.41) is 0. The maximum atomic E-state index is 13.3. The van der Waals surface area contributed by atoms with Crippen LogP contribution in [0.15, 0.2) is 41.7 Å². The molecular weight excluding hydrogens is 279 g/mol. The predicted octanol–water partition coefficient (Wildman–Crippen LogP) is 4.83. The minimum atomic E-state index is -4.30. The Kier molecular flexibility index (Phi) is 5.45. The molecule has 0 saturated carbocycles. The monoisotopic (exact) mass is 301 g/mol. The van der Waals surface area contributed by atoms with E-state index in [2.05, 4.69) is 0 Å². The molecule has 0 aromatic heterocycles. The first-order valence-electron chi connectivity index (χ1n) is 6.72. The molecule has 0 aliphatic rings. The summed E-state index contributed by atoms with van der Waals surface area (Å²) in [5.74, 6) is 0. The maximum absolute atomic E-state index is 13.3. The van der Waals surface area contributed by atoms with Gasteiger partial charge in [0.05, 0.1) is 8.07 Å². The standard InChI is InChI=1S/C15H22F3NSi/c1-5-19(11-13-9-7-6-8-10-13)14(15(16,17)18)12-20(2,3)4/h6-10,12H,5,11H2,1-4H3/b14-12+. The van der Waals surface area contributed by atoms with Gasteiger partial charge in [0.2, 0.25) is 0 Å². The van der Waals surface area contributed by atoms with Crippen LogP contribution in [0.5, 0.6) is 0 Å². The quantitative estimate of drug-likeness (QED) is 0.704. The fraction of sp³-hybridized carbons (Fsp3) is 0.467. The van der Waals surface area contributed by atoms with E-state index in [0.29, 0.717) is 6.54 Å². The number of hydrogen-bond acceptors (Lipinski definition) is 1. The van der Waals surface area contributed by atoms with Gasteiger partial charge in [0.25, 0.3) is 0 Å². The van der Waals surface area contributed by atoms with E-state index >= 15 is 0 Å². The Bertz CT molecular complexity index is 446. The fourth-order valence-corrected chi connectivity index (χ4v) is 3.10. The van der Waals surface area contributed by atoms with Crippen LogP contribution in [0.4, 0.5) is 13.2 Å². The summed E-state index contributed by atoms with van der Waals surface area (Å²) in [5.41, 5.74) is 1.84. The van der Waals surface area contributed by atoms with Crippen molar-refractivity contribution >= 4 is 8.07 Å². The Morgan fingerprint density at radius 1 is 1.15 bits per heavy atom. The molecule has 1 nitrogen and oxygen atoms in total. The highest BCUT2D eigenvalue weighted by Gasteiger charge is 2.38. The molecule has 1 aromatic rings. The minimum absolute atomic E-state index is 0.285. The Balaban J connectivity index is 3.07. The number of alkyl halides is 3. The molecule has 0 unspecified atom stereocenters. The summed E-state index contributed by atoms with van der Waals surface area (Å²) in [7, 11) is -1.95. The summed E-state index contributed by atoms with van der Waals surface area (Å²) in [6.07, 6.45) is -4.30. The summed E-state index contributed by atoms with van der Waals surface area (Å²) < 4.78 is 39.9. The van der Waals surface area contributed by atoms with Gasteiger partial charge in [-0.2, -0.15) is 13.2 Å². The van der Waals surface area contributed by atoms with Crippen molar-refractivity contribution in [3.8, 4) is 0 Å². The zero-order valence-electron chi connectivity index (χ0n) is 12.5. The molecule has 0 heterocycles. The van der Waals surface area contributed by atoms with Gasteiger partial charge in [-0.15, -0.1) is 0 Å². The molecule has 0 saturated heterocycles. The van der Waals surface area contributed by atoms with Gasteiger partial charge in [0.1, 0.15) is 5.70 Å². The van der Waals surface area contributed by atoms with E-state index in [1.165, 1.54) is 10.6 Å². The van der Waals surface area contributed by atoms with Crippen molar-refractivity contribution in [2.75, 3.05) is 6.54 Å². The van der Waals surface area contributed by atoms with Crippen molar-refractivity contribution < 1.29 is 13.2 Å². The lowest BCUT2D eigenvalue weighted by atomic mass is 10.2. The van der Waals surface area contributed by atoms with Crippen LogP contribution in [0.1, 0.15) is 12.5 Å². The summed E-state index contributed by atoms with van der Waals surface area (Å²) >= 11 is 0. The van der Waals surface area contributed by atoms with Crippen LogP contribution in [-0.4, -0.2) is 25.7 Å². The second kappa shape index (κ2) is 6.48. The zero-order chi connectivity index (χ0) is 15.4. The van der Waals surface area contributed by atoms with Crippen LogP contribution < -0.4 is 0 Å². The van der Waals surface area contributed by atoms with Crippen molar-refractivity contribution in [2.45, 2.75) is 39.3 Å². The van der Waals surface area contributed by atoms with Crippen LogP contribution in [0.25, 0.3) is 0 Å². The van der Waals surface area contributed by atoms with Gasteiger partial charge in [0.15, 0.2) is 0 Å². The lowest BCUT2D eigenvalue weighted by molar-refractivity contribution is -0.111. The molecule has 0 spiro atoms. The number of hydrogen-bond donors (Lipinski definition) is 0. The van der Waals surface area contributed by atoms with Crippen molar-refractivity contribution in [1.82, 2.24) is 4.90 Å². The van der Waals surface area contributed by atoms with Gasteiger partial charge in [-0.1, -0.05) is 55.7 Å². The van der Waals surface area contributed by atoms with E-state index in [0.717, 1.165) is 5.56 Å². The van der Waals surface area contributed by atoms with E-state index in [9.17, 15) is 13.2 Å². The SMILES string of the molecule is CCN(Cc1ccccc1)/C(=C/[Si](C)(C)C)C(F)(F)F. The summed E-state index contributed by atoms with van der Waals surface area (Å²) in [6, 6.07) is 9.26. The topological polar surface area (TPSA) is 3.24 Å². The first-order chi connectivity index (χ1) is 9.13. The average molecular weight is 301 g/mol. The first kappa shape index (κ1) is 16.8. The smallest absolute Gasteiger partial charge is 0.364 e. The van der Waals surface area contributed by atoms with E-state index in [1.807, 2.05) is 50.0 Å². The van der Waals surface area contributed by atoms with Crippen LogP contribution in [-0.2, 0) is 6.54 Å². The predicted molar refractivity (Wildman–Crippen MR) is 80.0 cm³/mol. The maximum Gasteiger partial charge on any atom is 0.430 e. The average Bonchev–Trinajstić information content (AvgIpc) is 2.32. The normalized spacial score (nSPS) is 13.4. The molecule has 20 heavy (non-hydrogen) atoms. The Morgan fingerprint density at radius 3 is 2.10 bits per heavy atom. The van der Waals surface area contributed by atoms with Crippen molar-refractivity contribution in [1.29, 1.82) is 0 Å². The van der Waals surface area contributed by atoms with E-state index in [1.54, 1.807) is 6.92 Å².